The van der Waals surface area contributed by atoms with Gasteiger partial charge in [0.1, 0.15) is 5.04 Å². The Hall–Kier alpha value is -0.380. The maximum absolute atomic E-state index is 10.8. The zero-order valence-electron chi connectivity index (χ0n) is 6.59. The highest BCUT2D eigenvalue weighted by atomic mass is 32.2. The molecule has 0 heterocycles. The summed E-state index contributed by atoms with van der Waals surface area (Å²) in [6.07, 6.45) is 1.68. The average Bonchev–Trinajstić information content (AvgIpc) is 1.80. The Morgan fingerprint density at radius 3 is 2.00 bits per heavy atom. The molecule has 0 aromatic carbocycles. The largest absolute Gasteiger partial charge is 0.278 e. The third-order valence-electron chi connectivity index (χ3n) is 1.06. The zero-order chi connectivity index (χ0) is 8.20. The highest BCUT2D eigenvalue weighted by Gasteiger charge is 2.08. The topological polar surface area (TPSA) is 46.5 Å². The van der Waals surface area contributed by atoms with Gasteiger partial charge in [0.05, 0.1) is 0 Å². The zero-order valence-corrected chi connectivity index (χ0v) is 7.40. The molecule has 0 bridgehead atoms. The first-order valence-corrected chi connectivity index (χ1v) is 5.14. The molecule has 0 saturated carbocycles. The van der Waals surface area contributed by atoms with Crippen LogP contribution >= 0.6 is 0 Å². The number of sulfone groups is 1. The lowest BCUT2D eigenvalue weighted by molar-refractivity contribution is 0.611. The minimum atomic E-state index is -3.03. The summed E-state index contributed by atoms with van der Waals surface area (Å²) in [5.74, 6) is 0. The molecule has 0 amide bonds. The maximum Gasteiger partial charge on any atom is 0.188 e. The van der Waals surface area contributed by atoms with Crippen LogP contribution in [-0.4, -0.2) is 26.3 Å². The van der Waals surface area contributed by atoms with E-state index in [1.54, 1.807) is 6.92 Å². The Kier molecular flexibility index (Phi) is 3.57. The molecule has 0 fully saturated rings. The first-order valence-electron chi connectivity index (χ1n) is 3.25. The summed E-state index contributed by atoms with van der Waals surface area (Å²) in [5.41, 5.74) is 0. The lowest BCUT2D eigenvalue weighted by Crippen LogP contribution is -2.11. The van der Waals surface area contributed by atoms with Gasteiger partial charge in [0.15, 0.2) is 9.84 Å². The Labute approximate surface area is 62.1 Å². The predicted octanol–water partition coefficient (Wildman–Crippen LogP) is 0.859. The first kappa shape index (κ1) is 9.62. The third kappa shape index (κ3) is 2.96. The Morgan fingerprint density at radius 1 is 1.40 bits per heavy atom. The molecule has 3 nitrogen and oxygen atoms in total. The molecule has 0 aromatic rings. The molecule has 0 aliphatic rings. The van der Waals surface area contributed by atoms with Crippen molar-refractivity contribution >= 4 is 14.9 Å². The van der Waals surface area contributed by atoms with E-state index in [-0.39, 0.29) is 0 Å². The summed E-state index contributed by atoms with van der Waals surface area (Å²) < 4.78 is 21.6. The molecular weight excluding hydrogens is 150 g/mol. The van der Waals surface area contributed by atoms with Crippen LogP contribution in [0.4, 0.5) is 0 Å². The third-order valence-corrected chi connectivity index (χ3v) is 2.34. The van der Waals surface area contributed by atoms with Crippen molar-refractivity contribution in [3.63, 3.8) is 0 Å². The van der Waals surface area contributed by atoms with Gasteiger partial charge in [-0.1, -0.05) is 6.92 Å². The minimum Gasteiger partial charge on any atom is -0.278 e. The standard InChI is InChI=1S/C6H13NO2S/c1-4-6(7-5-2)10(3,8)9/h4-5H2,1-3H3. The van der Waals surface area contributed by atoms with Gasteiger partial charge in [-0.15, -0.1) is 0 Å². The van der Waals surface area contributed by atoms with Gasteiger partial charge in [0, 0.05) is 12.8 Å². The van der Waals surface area contributed by atoms with Crippen LogP contribution in [0.5, 0.6) is 0 Å². The van der Waals surface area contributed by atoms with Gasteiger partial charge >= 0.3 is 0 Å². The van der Waals surface area contributed by atoms with E-state index in [1.807, 2.05) is 6.92 Å². The molecule has 0 rings (SSSR count). The quantitative estimate of drug-likeness (QED) is 0.447. The van der Waals surface area contributed by atoms with Gasteiger partial charge in [-0.05, 0) is 13.3 Å². The van der Waals surface area contributed by atoms with Crippen LogP contribution in [0.25, 0.3) is 0 Å². The molecule has 0 atom stereocenters. The molecule has 0 saturated heterocycles. The van der Waals surface area contributed by atoms with Crippen molar-refractivity contribution in [2.45, 2.75) is 20.3 Å². The van der Waals surface area contributed by atoms with Crippen LogP contribution in [0.15, 0.2) is 4.99 Å². The van der Waals surface area contributed by atoms with Crippen molar-refractivity contribution in [1.82, 2.24) is 0 Å². The van der Waals surface area contributed by atoms with Crippen LogP contribution in [0.3, 0.4) is 0 Å². The number of aliphatic imine (C=N–C) groups is 1. The van der Waals surface area contributed by atoms with E-state index in [0.29, 0.717) is 18.0 Å². The summed E-state index contributed by atoms with van der Waals surface area (Å²) in [5, 5.41) is 0.301. The fourth-order valence-electron chi connectivity index (χ4n) is 0.668. The molecule has 0 aromatic heterocycles. The molecule has 10 heavy (non-hydrogen) atoms. The second-order valence-corrected chi connectivity index (χ2v) is 4.01. The monoisotopic (exact) mass is 163 g/mol. The first-order chi connectivity index (χ1) is 4.52. The fraction of sp³-hybridized carbons (Fsp3) is 0.833. The SMILES string of the molecule is CCN=C(CC)S(C)(=O)=O. The van der Waals surface area contributed by atoms with Gasteiger partial charge in [0.2, 0.25) is 0 Å². The number of hydrogen-bond acceptors (Lipinski definition) is 3. The summed E-state index contributed by atoms with van der Waals surface area (Å²) in [6.45, 7) is 4.15. The number of nitrogens with zero attached hydrogens (tertiary/aromatic N) is 1. The number of hydrogen-bond donors (Lipinski definition) is 0. The van der Waals surface area contributed by atoms with Gasteiger partial charge in [-0.25, -0.2) is 8.42 Å². The lowest BCUT2D eigenvalue weighted by atomic mass is 10.5. The van der Waals surface area contributed by atoms with Crippen LogP contribution in [0.1, 0.15) is 20.3 Å². The van der Waals surface area contributed by atoms with Gasteiger partial charge in [0.25, 0.3) is 0 Å². The lowest BCUT2D eigenvalue weighted by Gasteiger charge is -1.97. The highest BCUT2D eigenvalue weighted by molar-refractivity contribution is 8.05. The Morgan fingerprint density at radius 2 is 1.90 bits per heavy atom. The summed E-state index contributed by atoms with van der Waals surface area (Å²) >= 11 is 0. The minimum absolute atomic E-state index is 0.301. The molecule has 0 unspecified atom stereocenters. The van der Waals surface area contributed by atoms with E-state index < -0.39 is 9.84 Å². The number of rotatable bonds is 2. The van der Waals surface area contributed by atoms with Crippen molar-refractivity contribution in [2.75, 3.05) is 12.8 Å². The maximum atomic E-state index is 10.8. The smallest absolute Gasteiger partial charge is 0.188 e. The molecule has 60 valence electrons. The van der Waals surface area contributed by atoms with Gasteiger partial charge in [-0.3, -0.25) is 4.99 Å². The summed E-state index contributed by atoms with van der Waals surface area (Å²) in [6, 6.07) is 0. The second-order valence-electron chi connectivity index (χ2n) is 1.99. The Balaban J connectivity index is 4.54. The molecule has 0 aliphatic heterocycles. The normalized spacial score (nSPS) is 13.7. The van der Waals surface area contributed by atoms with Crippen LogP contribution < -0.4 is 0 Å². The molecule has 0 radical (unpaired) electrons. The Bertz CT molecular complexity index is 216. The van der Waals surface area contributed by atoms with Gasteiger partial charge in [-0.2, -0.15) is 0 Å². The van der Waals surface area contributed by atoms with E-state index in [9.17, 15) is 8.42 Å². The average molecular weight is 163 g/mol. The van der Waals surface area contributed by atoms with Crippen molar-refractivity contribution in [3.05, 3.63) is 0 Å². The van der Waals surface area contributed by atoms with E-state index in [4.69, 9.17) is 0 Å². The molecular formula is C6H13NO2S. The van der Waals surface area contributed by atoms with Crippen LogP contribution in [-0.2, 0) is 9.84 Å². The second kappa shape index (κ2) is 3.71. The molecule has 0 N–H and O–H groups in total. The molecule has 0 aliphatic carbocycles. The molecule has 4 heteroatoms. The highest BCUT2D eigenvalue weighted by Crippen LogP contribution is 1.94. The van der Waals surface area contributed by atoms with E-state index in [2.05, 4.69) is 4.99 Å². The fourth-order valence-corrected chi connectivity index (χ4v) is 1.56. The van der Waals surface area contributed by atoms with E-state index in [0.717, 1.165) is 0 Å². The van der Waals surface area contributed by atoms with Crippen LogP contribution in [0, 0.1) is 0 Å². The summed E-state index contributed by atoms with van der Waals surface area (Å²) in [7, 11) is -3.03. The van der Waals surface area contributed by atoms with E-state index >= 15 is 0 Å². The van der Waals surface area contributed by atoms with Gasteiger partial charge < -0.3 is 0 Å². The van der Waals surface area contributed by atoms with Crippen molar-refractivity contribution < 1.29 is 8.42 Å². The van der Waals surface area contributed by atoms with Crippen molar-refractivity contribution in [3.8, 4) is 0 Å². The van der Waals surface area contributed by atoms with E-state index in [1.165, 1.54) is 6.26 Å². The summed E-state index contributed by atoms with van der Waals surface area (Å²) in [4.78, 5) is 3.84. The molecule has 0 spiro atoms. The van der Waals surface area contributed by atoms with Crippen molar-refractivity contribution in [2.24, 2.45) is 4.99 Å². The van der Waals surface area contributed by atoms with Crippen molar-refractivity contribution in [1.29, 1.82) is 0 Å². The van der Waals surface area contributed by atoms with Crippen LogP contribution in [0.2, 0.25) is 0 Å². The predicted molar refractivity (Wildman–Crippen MR) is 43.1 cm³/mol.